The molecule has 1 unspecified atom stereocenters. The molecule has 2 aromatic heterocycles. The van der Waals surface area contributed by atoms with Gasteiger partial charge in [-0.2, -0.15) is 0 Å². The standard InChI is InChI=1S/C10H8Br2INS2/c1-14-9(5-2-8(13)15-4-5)7-3-6(11)10(12)16-7/h2-4,9,14H,1H3. The Morgan fingerprint density at radius 1 is 1.38 bits per heavy atom. The van der Waals surface area contributed by atoms with Gasteiger partial charge in [-0.15, -0.1) is 22.7 Å². The molecule has 0 saturated carbocycles. The fraction of sp³-hybridized carbons (Fsp3) is 0.200. The Balaban J connectivity index is 2.36. The lowest BCUT2D eigenvalue weighted by Gasteiger charge is -2.12. The van der Waals surface area contributed by atoms with Crippen molar-refractivity contribution in [2.45, 2.75) is 6.04 Å². The van der Waals surface area contributed by atoms with Crippen LogP contribution in [0.1, 0.15) is 16.5 Å². The number of hydrogen-bond donors (Lipinski definition) is 1. The van der Waals surface area contributed by atoms with Gasteiger partial charge in [0.1, 0.15) is 0 Å². The molecule has 0 saturated heterocycles. The Morgan fingerprint density at radius 2 is 2.12 bits per heavy atom. The predicted octanol–water partition coefficient (Wildman–Crippen LogP) is 5.25. The van der Waals surface area contributed by atoms with E-state index in [1.54, 1.807) is 22.7 Å². The largest absolute Gasteiger partial charge is 0.309 e. The van der Waals surface area contributed by atoms with Crippen LogP contribution >= 0.6 is 77.1 Å². The topological polar surface area (TPSA) is 12.0 Å². The highest BCUT2D eigenvalue weighted by molar-refractivity contribution is 14.1. The first-order valence-corrected chi connectivity index (χ1v) is 8.84. The van der Waals surface area contributed by atoms with Crippen molar-refractivity contribution >= 4 is 77.1 Å². The zero-order valence-corrected chi connectivity index (χ0v) is 15.2. The van der Waals surface area contributed by atoms with Gasteiger partial charge in [0, 0.05) is 9.35 Å². The van der Waals surface area contributed by atoms with Crippen LogP contribution in [-0.2, 0) is 0 Å². The van der Waals surface area contributed by atoms with Crippen molar-refractivity contribution in [3.05, 3.63) is 39.1 Å². The highest BCUT2D eigenvalue weighted by atomic mass is 127. The van der Waals surface area contributed by atoms with Gasteiger partial charge >= 0.3 is 0 Å². The average Bonchev–Trinajstić information content (AvgIpc) is 2.77. The molecule has 86 valence electrons. The van der Waals surface area contributed by atoms with E-state index in [9.17, 15) is 0 Å². The predicted molar refractivity (Wildman–Crippen MR) is 87.7 cm³/mol. The van der Waals surface area contributed by atoms with E-state index in [2.05, 4.69) is 77.3 Å². The van der Waals surface area contributed by atoms with E-state index in [1.165, 1.54) is 13.3 Å². The lowest BCUT2D eigenvalue weighted by molar-refractivity contribution is 0.706. The summed E-state index contributed by atoms with van der Waals surface area (Å²) in [5.41, 5.74) is 1.33. The summed E-state index contributed by atoms with van der Waals surface area (Å²) >= 11 is 13.0. The molecule has 1 atom stereocenters. The van der Waals surface area contributed by atoms with E-state index in [4.69, 9.17) is 0 Å². The van der Waals surface area contributed by atoms with Gasteiger partial charge in [-0.3, -0.25) is 0 Å². The van der Waals surface area contributed by atoms with Crippen molar-refractivity contribution in [1.82, 2.24) is 5.32 Å². The third kappa shape index (κ3) is 2.89. The van der Waals surface area contributed by atoms with E-state index < -0.39 is 0 Å². The molecular weight excluding hydrogens is 485 g/mol. The number of nitrogens with one attached hydrogen (secondary N) is 1. The minimum atomic E-state index is 0.285. The number of halogens is 3. The van der Waals surface area contributed by atoms with Crippen LogP contribution in [0.2, 0.25) is 0 Å². The van der Waals surface area contributed by atoms with Crippen molar-refractivity contribution in [1.29, 1.82) is 0 Å². The van der Waals surface area contributed by atoms with Crippen molar-refractivity contribution < 1.29 is 0 Å². The molecule has 16 heavy (non-hydrogen) atoms. The van der Waals surface area contributed by atoms with E-state index >= 15 is 0 Å². The van der Waals surface area contributed by atoms with Gasteiger partial charge in [-0.1, -0.05) is 0 Å². The summed E-state index contributed by atoms with van der Waals surface area (Å²) < 4.78 is 3.59. The fourth-order valence-corrected chi connectivity index (χ4v) is 5.08. The van der Waals surface area contributed by atoms with Crippen molar-refractivity contribution in [3.63, 3.8) is 0 Å². The summed E-state index contributed by atoms with van der Waals surface area (Å²) in [6.07, 6.45) is 0. The zero-order chi connectivity index (χ0) is 11.7. The zero-order valence-electron chi connectivity index (χ0n) is 8.26. The summed E-state index contributed by atoms with van der Waals surface area (Å²) in [6.45, 7) is 0. The molecular formula is C10H8Br2INS2. The van der Waals surface area contributed by atoms with Gasteiger partial charge in [-0.25, -0.2) is 0 Å². The van der Waals surface area contributed by atoms with Gasteiger partial charge in [-0.05, 0) is 84.6 Å². The Hall–Kier alpha value is 1.05. The maximum Gasteiger partial charge on any atom is 0.0843 e. The van der Waals surface area contributed by atoms with Gasteiger partial charge < -0.3 is 5.32 Å². The van der Waals surface area contributed by atoms with Crippen molar-refractivity contribution in [3.8, 4) is 0 Å². The van der Waals surface area contributed by atoms with Crippen LogP contribution < -0.4 is 5.32 Å². The average molecular weight is 493 g/mol. The Labute approximate surface area is 133 Å². The quantitative estimate of drug-likeness (QED) is 0.577. The molecule has 2 rings (SSSR count). The lowest BCUT2D eigenvalue weighted by atomic mass is 10.1. The summed E-state index contributed by atoms with van der Waals surface area (Å²) in [6, 6.07) is 4.68. The molecule has 0 aromatic carbocycles. The molecule has 0 aliphatic carbocycles. The summed E-state index contributed by atoms with van der Waals surface area (Å²) in [4.78, 5) is 1.32. The van der Waals surface area contributed by atoms with Crippen molar-refractivity contribution in [2.75, 3.05) is 7.05 Å². The van der Waals surface area contributed by atoms with E-state index in [-0.39, 0.29) is 6.04 Å². The van der Waals surface area contributed by atoms with E-state index in [0.29, 0.717) is 0 Å². The maximum atomic E-state index is 3.54. The molecule has 2 aromatic rings. The smallest absolute Gasteiger partial charge is 0.0843 e. The van der Waals surface area contributed by atoms with Gasteiger partial charge in [0.25, 0.3) is 0 Å². The third-order valence-electron chi connectivity index (χ3n) is 2.16. The monoisotopic (exact) mass is 491 g/mol. The molecule has 1 N–H and O–H groups in total. The van der Waals surface area contributed by atoms with Crippen LogP contribution in [0, 0.1) is 2.88 Å². The fourth-order valence-electron chi connectivity index (χ4n) is 1.45. The Kier molecular flexibility index (Phi) is 4.88. The van der Waals surface area contributed by atoms with Gasteiger partial charge in [0.15, 0.2) is 0 Å². The van der Waals surface area contributed by atoms with Crippen LogP contribution in [0.5, 0.6) is 0 Å². The molecule has 0 amide bonds. The van der Waals surface area contributed by atoms with Crippen LogP contribution in [0.25, 0.3) is 0 Å². The van der Waals surface area contributed by atoms with Crippen LogP contribution in [0.15, 0.2) is 25.8 Å². The van der Waals surface area contributed by atoms with Crippen molar-refractivity contribution in [2.24, 2.45) is 0 Å². The van der Waals surface area contributed by atoms with Gasteiger partial charge in [0.05, 0.1) is 12.7 Å². The second kappa shape index (κ2) is 5.79. The van der Waals surface area contributed by atoms with Gasteiger partial charge in [0.2, 0.25) is 0 Å². The number of hydrogen-bond acceptors (Lipinski definition) is 3. The Morgan fingerprint density at radius 3 is 2.56 bits per heavy atom. The summed E-state index contributed by atoms with van der Waals surface area (Å²) in [7, 11) is 2.00. The normalized spacial score (nSPS) is 13.0. The molecule has 1 nitrogen and oxygen atoms in total. The van der Waals surface area contributed by atoms with E-state index in [0.717, 1.165) is 8.26 Å². The minimum absolute atomic E-state index is 0.285. The highest BCUT2D eigenvalue weighted by Gasteiger charge is 2.17. The molecule has 0 bridgehead atoms. The molecule has 2 heterocycles. The van der Waals surface area contributed by atoms with E-state index in [1.807, 2.05) is 7.05 Å². The number of rotatable bonds is 3. The summed E-state index contributed by atoms with van der Waals surface area (Å²) in [5.74, 6) is 0. The first-order chi connectivity index (χ1) is 7.61. The number of thiophene rings is 2. The Bertz CT molecular complexity index is 475. The lowest BCUT2D eigenvalue weighted by Crippen LogP contribution is -2.15. The molecule has 0 radical (unpaired) electrons. The molecule has 6 heteroatoms. The second-order valence-corrected chi connectivity index (χ2v) is 9.24. The summed E-state index contributed by atoms with van der Waals surface area (Å²) in [5, 5.41) is 5.57. The second-order valence-electron chi connectivity index (χ2n) is 3.18. The van der Waals surface area contributed by atoms with Crippen LogP contribution in [0.3, 0.4) is 0 Å². The maximum absolute atomic E-state index is 3.54. The molecule has 0 aliphatic heterocycles. The SMILES string of the molecule is CNC(c1csc(I)c1)c1cc(Br)c(Br)s1. The minimum Gasteiger partial charge on any atom is -0.309 e. The highest BCUT2D eigenvalue weighted by Crippen LogP contribution is 2.38. The first kappa shape index (κ1) is 13.5. The third-order valence-corrected chi connectivity index (χ3v) is 7.29. The molecule has 0 aliphatic rings. The first-order valence-electron chi connectivity index (χ1n) is 4.47. The molecule has 0 spiro atoms. The van der Waals surface area contributed by atoms with Crippen LogP contribution in [0.4, 0.5) is 0 Å². The molecule has 0 fully saturated rings. The van der Waals surface area contributed by atoms with Crippen LogP contribution in [-0.4, -0.2) is 7.05 Å².